The molecule has 1 saturated carbocycles. The molecule has 1 aromatic carbocycles. The normalized spacial score (nSPS) is 25.5. The summed E-state index contributed by atoms with van der Waals surface area (Å²) < 4.78 is 40.9. The number of nitrogens with one attached hydrogen (secondary N) is 2. The monoisotopic (exact) mass is 399 g/mol. The predicted molar refractivity (Wildman–Crippen MR) is 101 cm³/mol. The van der Waals surface area contributed by atoms with Crippen LogP contribution >= 0.6 is 0 Å². The van der Waals surface area contributed by atoms with Crippen LogP contribution in [0.2, 0.25) is 0 Å². The van der Waals surface area contributed by atoms with E-state index in [2.05, 4.69) is 27.2 Å². The van der Waals surface area contributed by atoms with Crippen LogP contribution in [-0.4, -0.2) is 44.5 Å². The van der Waals surface area contributed by atoms with Gasteiger partial charge in [0.2, 0.25) is 5.91 Å². The second kappa shape index (κ2) is 8.59. The molecule has 0 spiro atoms. The van der Waals surface area contributed by atoms with E-state index < -0.39 is 6.36 Å². The van der Waals surface area contributed by atoms with E-state index in [0.29, 0.717) is 11.8 Å². The number of halogens is 3. The number of anilines is 1. The van der Waals surface area contributed by atoms with Gasteiger partial charge in [-0.25, -0.2) is 0 Å². The van der Waals surface area contributed by atoms with Gasteiger partial charge in [-0.15, -0.1) is 13.2 Å². The Hall–Kier alpha value is -1.96. The molecule has 156 valence electrons. The quantitative estimate of drug-likeness (QED) is 0.739. The topological polar surface area (TPSA) is 53.6 Å². The largest absolute Gasteiger partial charge is 0.573 e. The van der Waals surface area contributed by atoms with Gasteiger partial charge < -0.3 is 20.3 Å². The third-order valence-corrected chi connectivity index (χ3v) is 5.85. The zero-order chi connectivity index (χ0) is 20.3. The summed E-state index contributed by atoms with van der Waals surface area (Å²) in [4.78, 5) is 14.3. The summed E-state index contributed by atoms with van der Waals surface area (Å²) >= 11 is 0. The van der Waals surface area contributed by atoms with Gasteiger partial charge in [-0.1, -0.05) is 13.3 Å². The summed E-state index contributed by atoms with van der Waals surface area (Å²) in [5.74, 6) is 0.800. The standard InChI is InChI=1S/C20H28F3N3O2/c1-3-4-18(19(27)24-2)25-17-10-5-13-11-26(12-16(13)17)14-6-8-15(9-7-14)28-20(21,22)23/h6-9,13,16-18,25H,3-5,10-12H2,1-2H3,(H,24,27)/t13-,16+,17+,18+/m1/s1. The molecule has 1 heterocycles. The third kappa shape index (κ3) is 4.90. The minimum Gasteiger partial charge on any atom is -0.406 e. The van der Waals surface area contributed by atoms with Gasteiger partial charge in [-0.05, 0) is 55.4 Å². The molecule has 1 aliphatic carbocycles. The van der Waals surface area contributed by atoms with E-state index in [4.69, 9.17) is 0 Å². The Morgan fingerprint density at radius 1 is 1.25 bits per heavy atom. The van der Waals surface area contributed by atoms with Crippen molar-refractivity contribution in [2.45, 2.75) is 51.1 Å². The molecule has 2 N–H and O–H groups in total. The highest BCUT2D eigenvalue weighted by molar-refractivity contribution is 5.81. The Balaban J connectivity index is 1.61. The van der Waals surface area contributed by atoms with E-state index in [-0.39, 0.29) is 23.7 Å². The lowest BCUT2D eigenvalue weighted by Crippen LogP contribution is -2.49. The summed E-state index contributed by atoms with van der Waals surface area (Å²) in [6, 6.07) is 6.18. The fourth-order valence-corrected chi connectivity index (χ4v) is 4.55. The van der Waals surface area contributed by atoms with Gasteiger partial charge in [-0.3, -0.25) is 4.79 Å². The highest BCUT2D eigenvalue weighted by Crippen LogP contribution is 2.40. The first-order valence-electron chi connectivity index (χ1n) is 9.89. The molecule has 4 atom stereocenters. The van der Waals surface area contributed by atoms with Gasteiger partial charge in [0, 0.05) is 31.9 Å². The lowest BCUT2D eigenvalue weighted by Gasteiger charge is -2.27. The molecule has 0 radical (unpaired) electrons. The second-order valence-electron chi connectivity index (χ2n) is 7.68. The number of hydrogen-bond donors (Lipinski definition) is 2. The Morgan fingerprint density at radius 3 is 2.57 bits per heavy atom. The van der Waals surface area contributed by atoms with Crippen LogP contribution in [0.3, 0.4) is 0 Å². The summed E-state index contributed by atoms with van der Waals surface area (Å²) in [6.07, 6.45) is -0.785. The zero-order valence-corrected chi connectivity index (χ0v) is 16.3. The maximum atomic E-state index is 12.3. The lowest BCUT2D eigenvalue weighted by molar-refractivity contribution is -0.274. The van der Waals surface area contributed by atoms with Crippen LogP contribution in [0.4, 0.5) is 18.9 Å². The van der Waals surface area contributed by atoms with Crippen molar-refractivity contribution >= 4 is 11.6 Å². The number of alkyl halides is 3. The van der Waals surface area contributed by atoms with Gasteiger partial charge >= 0.3 is 6.36 Å². The van der Waals surface area contributed by atoms with Crippen molar-refractivity contribution < 1.29 is 22.7 Å². The first-order chi connectivity index (χ1) is 13.3. The molecular formula is C20H28F3N3O2. The maximum absolute atomic E-state index is 12.3. The van der Waals surface area contributed by atoms with E-state index in [1.807, 2.05) is 0 Å². The summed E-state index contributed by atoms with van der Waals surface area (Å²) in [5.41, 5.74) is 0.902. The highest BCUT2D eigenvalue weighted by Gasteiger charge is 2.43. The van der Waals surface area contributed by atoms with Crippen LogP contribution in [-0.2, 0) is 4.79 Å². The Morgan fingerprint density at radius 2 is 1.96 bits per heavy atom. The zero-order valence-electron chi connectivity index (χ0n) is 16.3. The van der Waals surface area contributed by atoms with Crippen LogP contribution in [0, 0.1) is 11.8 Å². The first kappa shape index (κ1) is 20.8. The number of carbonyl (C=O) groups is 1. The van der Waals surface area contributed by atoms with Gasteiger partial charge in [0.1, 0.15) is 5.75 Å². The van der Waals surface area contributed by atoms with Crippen molar-refractivity contribution in [1.29, 1.82) is 0 Å². The average molecular weight is 399 g/mol. The van der Waals surface area contributed by atoms with Crippen molar-refractivity contribution in [2.75, 3.05) is 25.0 Å². The van der Waals surface area contributed by atoms with E-state index >= 15 is 0 Å². The molecule has 1 saturated heterocycles. The van der Waals surface area contributed by atoms with Crippen LogP contribution < -0.4 is 20.3 Å². The fraction of sp³-hybridized carbons (Fsp3) is 0.650. The molecule has 1 aromatic rings. The first-order valence-corrected chi connectivity index (χ1v) is 9.89. The van der Waals surface area contributed by atoms with Gasteiger partial charge in [0.25, 0.3) is 0 Å². The molecule has 28 heavy (non-hydrogen) atoms. The van der Waals surface area contributed by atoms with E-state index in [0.717, 1.165) is 44.5 Å². The maximum Gasteiger partial charge on any atom is 0.573 e. The third-order valence-electron chi connectivity index (χ3n) is 5.85. The Labute approximate surface area is 163 Å². The molecule has 0 unspecified atom stereocenters. The van der Waals surface area contributed by atoms with Crippen LogP contribution in [0.1, 0.15) is 32.6 Å². The molecule has 1 amide bonds. The van der Waals surface area contributed by atoms with Crippen LogP contribution in [0.25, 0.3) is 0 Å². The molecule has 5 nitrogen and oxygen atoms in total. The SMILES string of the molecule is CCC[C@H](N[C@H]1CC[C@@H]2CN(c3ccc(OC(F)(F)F)cc3)C[C@@H]21)C(=O)NC. The smallest absolute Gasteiger partial charge is 0.406 e. The molecule has 8 heteroatoms. The van der Waals surface area contributed by atoms with Crippen LogP contribution in [0.15, 0.2) is 24.3 Å². The van der Waals surface area contributed by atoms with E-state index in [9.17, 15) is 18.0 Å². The summed E-state index contributed by atoms with van der Waals surface area (Å²) in [6.45, 7) is 3.80. The van der Waals surface area contributed by atoms with E-state index in [1.165, 1.54) is 12.1 Å². The number of likely N-dealkylation sites (N-methyl/N-ethyl adjacent to an activating group) is 1. The molecule has 0 bridgehead atoms. The summed E-state index contributed by atoms with van der Waals surface area (Å²) in [7, 11) is 1.66. The lowest BCUT2D eigenvalue weighted by atomic mass is 9.96. The number of amides is 1. The molecule has 2 aliphatic rings. The summed E-state index contributed by atoms with van der Waals surface area (Å²) in [5, 5.41) is 6.30. The van der Waals surface area contributed by atoms with Gasteiger partial charge in [0.05, 0.1) is 6.04 Å². The number of carbonyl (C=O) groups excluding carboxylic acids is 1. The Kier molecular flexibility index (Phi) is 6.37. The molecule has 1 aliphatic heterocycles. The van der Waals surface area contributed by atoms with E-state index in [1.54, 1.807) is 19.2 Å². The van der Waals surface area contributed by atoms with Crippen LogP contribution in [0.5, 0.6) is 5.75 Å². The van der Waals surface area contributed by atoms with Gasteiger partial charge in [0.15, 0.2) is 0 Å². The number of hydrogen-bond acceptors (Lipinski definition) is 4. The second-order valence-corrected chi connectivity index (χ2v) is 7.68. The van der Waals surface area contributed by atoms with Crippen molar-refractivity contribution in [1.82, 2.24) is 10.6 Å². The average Bonchev–Trinajstić information content (AvgIpc) is 3.22. The minimum atomic E-state index is -4.68. The molecule has 2 fully saturated rings. The minimum absolute atomic E-state index is 0.0282. The van der Waals surface area contributed by atoms with Crippen molar-refractivity contribution in [3.63, 3.8) is 0 Å². The van der Waals surface area contributed by atoms with Crippen molar-refractivity contribution in [3.8, 4) is 5.75 Å². The molecule has 3 rings (SSSR count). The fourth-order valence-electron chi connectivity index (χ4n) is 4.55. The number of nitrogens with zero attached hydrogens (tertiary/aromatic N) is 1. The van der Waals surface area contributed by atoms with Crippen molar-refractivity contribution in [2.24, 2.45) is 11.8 Å². The van der Waals surface area contributed by atoms with Gasteiger partial charge in [-0.2, -0.15) is 0 Å². The highest BCUT2D eigenvalue weighted by atomic mass is 19.4. The Bertz CT molecular complexity index is 666. The number of benzene rings is 1. The number of fused-ring (bicyclic) bond motifs is 1. The number of rotatable bonds is 7. The van der Waals surface area contributed by atoms with Crippen molar-refractivity contribution in [3.05, 3.63) is 24.3 Å². The number of ether oxygens (including phenoxy) is 1. The predicted octanol–water partition coefficient (Wildman–Crippen LogP) is 3.30. The molecular weight excluding hydrogens is 371 g/mol. The molecule has 0 aromatic heterocycles.